The van der Waals surface area contributed by atoms with E-state index in [9.17, 15) is 14.7 Å². The second-order valence-corrected chi connectivity index (χ2v) is 4.37. The van der Waals surface area contributed by atoms with E-state index in [0.717, 1.165) is 11.1 Å². The fraction of sp³-hybridized carbons (Fsp3) is 0.385. The molecule has 0 aliphatic carbocycles. The minimum Gasteiger partial charge on any atom is -0.480 e. The number of aliphatic carboxylic acids is 1. The Labute approximate surface area is 111 Å². The molecule has 104 valence electrons. The third kappa shape index (κ3) is 4.97. The van der Waals surface area contributed by atoms with E-state index in [0.29, 0.717) is 0 Å². The molecule has 1 aromatic rings. The first-order valence-corrected chi connectivity index (χ1v) is 5.91. The Morgan fingerprint density at radius 1 is 1.26 bits per heavy atom. The highest BCUT2D eigenvalue weighted by atomic mass is 16.4. The molecule has 0 radical (unpaired) electrons. The summed E-state index contributed by atoms with van der Waals surface area (Å²) >= 11 is 0. The number of benzene rings is 1. The number of aliphatic hydroxyl groups excluding tert-OH is 1. The van der Waals surface area contributed by atoms with Gasteiger partial charge in [-0.15, -0.1) is 0 Å². The van der Waals surface area contributed by atoms with E-state index < -0.39 is 24.1 Å². The van der Waals surface area contributed by atoms with Crippen molar-refractivity contribution in [2.75, 3.05) is 0 Å². The second kappa shape index (κ2) is 6.75. The lowest BCUT2D eigenvalue weighted by atomic mass is 10.1. The molecule has 0 spiro atoms. The molecule has 1 rings (SSSR count). The number of nitrogens with one attached hydrogen (secondary N) is 2. The molecule has 19 heavy (non-hydrogen) atoms. The van der Waals surface area contributed by atoms with Crippen LogP contribution >= 0.6 is 0 Å². The number of carbonyl (C=O) groups excluding carboxylic acids is 1. The highest BCUT2D eigenvalue weighted by Crippen LogP contribution is 2.02. The largest absolute Gasteiger partial charge is 0.480 e. The quantitative estimate of drug-likeness (QED) is 0.628. The number of carboxylic acids is 1. The first kappa shape index (κ1) is 15.0. The number of hydrogen-bond acceptors (Lipinski definition) is 3. The van der Waals surface area contributed by atoms with E-state index in [4.69, 9.17) is 5.11 Å². The summed E-state index contributed by atoms with van der Waals surface area (Å²) in [6.45, 7) is 3.56. The summed E-state index contributed by atoms with van der Waals surface area (Å²) < 4.78 is 0. The highest BCUT2D eigenvalue weighted by Gasteiger charge is 2.24. The van der Waals surface area contributed by atoms with Crippen LogP contribution in [0.5, 0.6) is 0 Å². The Kier molecular flexibility index (Phi) is 5.32. The van der Waals surface area contributed by atoms with Gasteiger partial charge in [0.25, 0.3) is 0 Å². The minimum absolute atomic E-state index is 0.290. The van der Waals surface area contributed by atoms with Crippen molar-refractivity contribution in [3.8, 4) is 0 Å². The molecule has 6 heteroatoms. The summed E-state index contributed by atoms with van der Waals surface area (Å²) in [5.74, 6) is -1.28. The first-order valence-electron chi connectivity index (χ1n) is 5.91. The lowest BCUT2D eigenvalue weighted by Gasteiger charge is -2.17. The van der Waals surface area contributed by atoms with Crippen molar-refractivity contribution in [1.29, 1.82) is 0 Å². The fourth-order valence-corrected chi connectivity index (χ4v) is 1.47. The standard InChI is InChI=1S/C13H18N2O4/c1-8-3-5-10(6-4-8)7-14-13(19)15-11(9(2)16)12(17)18/h3-6,9,11,16H,7H2,1-2H3,(H,17,18)(H2,14,15,19)/t9-,11+/m1/s1. The number of carbonyl (C=O) groups is 2. The number of hydrogen-bond donors (Lipinski definition) is 4. The molecule has 6 nitrogen and oxygen atoms in total. The van der Waals surface area contributed by atoms with E-state index in [1.165, 1.54) is 6.92 Å². The van der Waals surface area contributed by atoms with Gasteiger partial charge in [-0.2, -0.15) is 0 Å². The van der Waals surface area contributed by atoms with Gasteiger partial charge < -0.3 is 20.8 Å². The summed E-state index contributed by atoms with van der Waals surface area (Å²) in [6, 6.07) is 5.64. The van der Waals surface area contributed by atoms with Gasteiger partial charge in [-0.05, 0) is 19.4 Å². The van der Waals surface area contributed by atoms with E-state index in [1.807, 2.05) is 31.2 Å². The SMILES string of the molecule is Cc1ccc(CNC(=O)N[C@H](C(=O)O)[C@@H](C)O)cc1. The summed E-state index contributed by atoms with van der Waals surface area (Å²) in [5.41, 5.74) is 2.03. The van der Waals surface area contributed by atoms with Crippen LogP contribution in [0.15, 0.2) is 24.3 Å². The van der Waals surface area contributed by atoms with Crippen LogP contribution < -0.4 is 10.6 Å². The molecule has 0 heterocycles. The molecule has 1 aromatic carbocycles. The average molecular weight is 266 g/mol. The van der Waals surface area contributed by atoms with E-state index in [2.05, 4.69) is 10.6 Å². The zero-order valence-corrected chi connectivity index (χ0v) is 10.9. The van der Waals surface area contributed by atoms with Crippen molar-refractivity contribution in [3.63, 3.8) is 0 Å². The van der Waals surface area contributed by atoms with E-state index in [1.54, 1.807) is 0 Å². The van der Waals surface area contributed by atoms with Crippen molar-refractivity contribution in [2.45, 2.75) is 32.5 Å². The molecule has 0 bridgehead atoms. The monoisotopic (exact) mass is 266 g/mol. The number of rotatable bonds is 5. The second-order valence-electron chi connectivity index (χ2n) is 4.37. The van der Waals surface area contributed by atoms with Gasteiger partial charge in [-0.25, -0.2) is 9.59 Å². The van der Waals surface area contributed by atoms with Crippen molar-refractivity contribution in [3.05, 3.63) is 35.4 Å². The minimum atomic E-state index is -1.32. The normalized spacial score (nSPS) is 13.4. The predicted molar refractivity (Wildman–Crippen MR) is 69.7 cm³/mol. The van der Waals surface area contributed by atoms with Crippen LogP contribution in [-0.2, 0) is 11.3 Å². The van der Waals surface area contributed by atoms with E-state index >= 15 is 0 Å². The third-order valence-electron chi connectivity index (χ3n) is 2.61. The summed E-state index contributed by atoms with van der Waals surface area (Å²) in [7, 11) is 0. The maximum Gasteiger partial charge on any atom is 0.328 e. The first-order chi connectivity index (χ1) is 8.90. The summed E-state index contributed by atoms with van der Waals surface area (Å²) in [4.78, 5) is 22.3. The lowest BCUT2D eigenvalue weighted by molar-refractivity contribution is -0.141. The molecule has 4 N–H and O–H groups in total. The maximum absolute atomic E-state index is 11.5. The van der Waals surface area contributed by atoms with Crippen LogP contribution in [0.3, 0.4) is 0 Å². The number of amides is 2. The zero-order valence-electron chi connectivity index (χ0n) is 10.9. The Morgan fingerprint density at radius 2 is 1.84 bits per heavy atom. The third-order valence-corrected chi connectivity index (χ3v) is 2.61. The van der Waals surface area contributed by atoms with Gasteiger partial charge in [0.05, 0.1) is 6.10 Å². The molecule has 0 saturated heterocycles. The van der Waals surface area contributed by atoms with Crippen LogP contribution in [0.25, 0.3) is 0 Å². The van der Waals surface area contributed by atoms with Gasteiger partial charge in [0.1, 0.15) is 0 Å². The molecule has 0 fully saturated rings. The Hall–Kier alpha value is -2.08. The Bertz CT molecular complexity index is 442. The van der Waals surface area contributed by atoms with Gasteiger partial charge in [0.2, 0.25) is 0 Å². The number of aliphatic hydroxyl groups is 1. The number of carboxylic acid groups (broad SMARTS) is 1. The molecule has 2 atom stereocenters. The van der Waals surface area contributed by atoms with Crippen LogP contribution in [0, 0.1) is 6.92 Å². The zero-order chi connectivity index (χ0) is 14.4. The summed E-state index contributed by atoms with van der Waals surface area (Å²) in [6.07, 6.45) is -1.16. The smallest absolute Gasteiger partial charge is 0.328 e. The highest BCUT2D eigenvalue weighted by molar-refractivity contribution is 5.82. The summed E-state index contributed by atoms with van der Waals surface area (Å²) in [5, 5.41) is 22.8. The molecular formula is C13H18N2O4. The van der Waals surface area contributed by atoms with Gasteiger partial charge >= 0.3 is 12.0 Å². The van der Waals surface area contributed by atoms with Gasteiger partial charge in [0.15, 0.2) is 6.04 Å². The molecule has 0 unspecified atom stereocenters. The molecule has 0 saturated carbocycles. The van der Waals surface area contributed by atoms with Crippen molar-refractivity contribution in [1.82, 2.24) is 10.6 Å². The van der Waals surface area contributed by atoms with Crippen LogP contribution in [0.2, 0.25) is 0 Å². The average Bonchev–Trinajstić information content (AvgIpc) is 2.34. The van der Waals surface area contributed by atoms with Crippen molar-refractivity contribution in [2.24, 2.45) is 0 Å². The van der Waals surface area contributed by atoms with Crippen LogP contribution in [0.1, 0.15) is 18.1 Å². The number of aryl methyl sites for hydroxylation is 1. The topological polar surface area (TPSA) is 98.7 Å². The Morgan fingerprint density at radius 3 is 2.32 bits per heavy atom. The van der Waals surface area contributed by atoms with Gasteiger partial charge in [-0.3, -0.25) is 0 Å². The number of urea groups is 1. The molecule has 2 amide bonds. The van der Waals surface area contributed by atoms with Gasteiger partial charge in [-0.1, -0.05) is 29.8 Å². The van der Waals surface area contributed by atoms with E-state index in [-0.39, 0.29) is 6.54 Å². The molecule has 0 aromatic heterocycles. The molecular weight excluding hydrogens is 248 g/mol. The van der Waals surface area contributed by atoms with Gasteiger partial charge in [0, 0.05) is 6.54 Å². The van der Waals surface area contributed by atoms with Crippen LogP contribution in [-0.4, -0.2) is 34.4 Å². The van der Waals surface area contributed by atoms with Crippen molar-refractivity contribution < 1.29 is 19.8 Å². The van der Waals surface area contributed by atoms with Crippen LogP contribution in [0.4, 0.5) is 4.79 Å². The lowest BCUT2D eigenvalue weighted by Crippen LogP contribution is -2.50. The van der Waals surface area contributed by atoms with Crippen molar-refractivity contribution >= 4 is 12.0 Å². The fourth-order valence-electron chi connectivity index (χ4n) is 1.47. The Balaban J connectivity index is 2.47. The molecule has 0 aliphatic rings. The maximum atomic E-state index is 11.5. The molecule has 0 aliphatic heterocycles. The predicted octanol–water partition coefficient (Wildman–Crippen LogP) is 0.628.